The van der Waals surface area contributed by atoms with Crippen LogP contribution in [0.4, 0.5) is 5.69 Å². The number of benzene rings is 1. The third-order valence-electron chi connectivity index (χ3n) is 2.99. The van der Waals surface area contributed by atoms with Crippen LogP contribution in [0.5, 0.6) is 5.75 Å². The fourth-order valence-corrected chi connectivity index (χ4v) is 2.15. The van der Waals surface area contributed by atoms with Crippen LogP contribution in [0.1, 0.15) is 27.2 Å². The molecule has 0 aromatic heterocycles. The van der Waals surface area contributed by atoms with Gasteiger partial charge in [0.2, 0.25) is 5.91 Å². The molecule has 1 amide bonds. The number of hydrogen-bond acceptors (Lipinski definition) is 4. The number of morpholine rings is 1. The Hall–Kier alpha value is -1.59. The Morgan fingerprint density at radius 1 is 1.38 bits per heavy atom. The predicted octanol–water partition coefficient (Wildman–Crippen LogP) is 2.18. The van der Waals surface area contributed by atoms with Crippen LogP contribution in [0.15, 0.2) is 24.3 Å². The molecule has 0 aliphatic carbocycles. The fourth-order valence-electron chi connectivity index (χ4n) is 2.15. The first-order valence-corrected chi connectivity index (χ1v) is 7.32. The molecule has 1 unspecified atom stereocenters. The first kappa shape index (κ1) is 15.8. The molecule has 2 N–H and O–H groups in total. The average molecular weight is 292 g/mol. The summed E-state index contributed by atoms with van der Waals surface area (Å²) in [7, 11) is 0. The Bertz CT molecular complexity index is 459. The molecule has 116 valence electrons. The van der Waals surface area contributed by atoms with Crippen LogP contribution in [-0.4, -0.2) is 37.3 Å². The van der Waals surface area contributed by atoms with Gasteiger partial charge in [-0.15, -0.1) is 0 Å². The van der Waals surface area contributed by atoms with Crippen molar-refractivity contribution in [3.8, 4) is 5.75 Å². The lowest BCUT2D eigenvalue weighted by Crippen LogP contribution is -2.43. The van der Waals surface area contributed by atoms with Gasteiger partial charge in [0.05, 0.1) is 13.2 Å². The number of ether oxygens (including phenoxy) is 2. The number of hydrogen-bond donors (Lipinski definition) is 2. The fraction of sp³-hybridized carbons (Fsp3) is 0.562. The minimum absolute atomic E-state index is 0.0116. The average Bonchev–Trinajstić information content (AvgIpc) is 2.40. The van der Waals surface area contributed by atoms with Crippen molar-refractivity contribution < 1.29 is 14.3 Å². The summed E-state index contributed by atoms with van der Waals surface area (Å²) in [5.74, 6) is 0.783. The molecule has 0 bridgehead atoms. The normalized spacial score (nSPS) is 19.1. The third-order valence-corrected chi connectivity index (χ3v) is 2.99. The summed E-state index contributed by atoms with van der Waals surface area (Å²) in [4.78, 5) is 12.0. The van der Waals surface area contributed by atoms with Crippen molar-refractivity contribution in [3.63, 3.8) is 0 Å². The van der Waals surface area contributed by atoms with Crippen LogP contribution >= 0.6 is 0 Å². The second kappa shape index (κ2) is 6.91. The number of anilines is 1. The van der Waals surface area contributed by atoms with Crippen molar-refractivity contribution in [2.45, 2.75) is 38.8 Å². The molecule has 1 aromatic carbocycles. The molecule has 1 fully saturated rings. The van der Waals surface area contributed by atoms with Crippen LogP contribution in [-0.2, 0) is 9.53 Å². The van der Waals surface area contributed by atoms with Gasteiger partial charge < -0.3 is 20.1 Å². The van der Waals surface area contributed by atoms with Crippen molar-refractivity contribution >= 4 is 11.6 Å². The molecule has 21 heavy (non-hydrogen) atoms. The number of carbonyl (C=O) groups excluding carboxylic acids is 1. The molecular formula is C16H24N2O3. The van der Waals surface area contributed by atoms with Gasteiger partial charge in [-0.1, -0.05) is 0 Å². The highest BCUT2D eigenvalue weighted by Crippen LogP contribution is 2.20. The zero-order valence-corrected chi connectivity index (χ0v) is 12.9. The SMILES string of the molecule is CC(C)(C)Oc1ccc(NC(=O)CC2COCCN2)cc1. The van der Waals surface area contributed by atoms with Crippen molar-refractivity contribution in [1.82, 2.24) is 5.32 Å². The Kier molecular flexibility index (Phi) is 5.20. The largest absolute Gasteiger partial charge is 0.488 e. The summed E-state index contributed by atoms with van der Waals surface area (Å²) in [5, 5.41) is 6.15. The number of rotatable bonds is 4. The molecular weight excluding hydrogens is 268 g/mol. The van der Waals surface area contributed by atoms with Crippen LogP contribution in [0, 0.1) is 0 Å². The summed E-state index contributed by atoms with van der Waals surface area (Å²) in [6.45, 7) is 8.11. The first-order valence-electron chi connectivity index (χ1n) is 7.32. The number of carbonyl (C=O) groups is 1. The topological polar surface area (TPSA) is 59.6 Å². The summed E-state index contributed by atoms with van der Waals surface area (Å²) in [6.07, 6.45) is 0.417. The van der Waals surface area contributed by atoms with E-state index in [0.29, 0.717) is 19.6 Å². The summed E-state index contributed by atoms with van der Waals surface area (Å²) in [5.41, 5.74) is 0.551. The molecule has 1 saturated heterocycles. The van der Waals surface area contributed by atoms with Crippen molar-refractivity contribution in [3.05, 3.63) is 24.3 Å². The minimum Gasteiger partial charge on any atom is -0.488 e. The van der Waals surface area contributed by atoms with Gasteiger partial charge in [-0.2, -0.15) is 0 Å². The standard InChI is InChI=1S/C16H24N2O3/c1-16(2,3)21-14-6-4-12(5-7-14)18-15(19)10-13-11-20-9-8-17-13/h4-7,13,17H,8-11H2,1-3H3,(H,18,19). The molecule has 1 heterocycles. The summed E-state index contributed by atoms with van der Waals surface area (Å²) < 4.78 is 11.1. The van der Waals surface area contributed by atoms with Gasteiger partial charge in [-0.05, 0) is 45.0 Å². The lowest BCUT2D eigenvalue weighted by molar-refractivity contribution is -0.117. The number of nitrogens with one attached hydrogen (secondary N) is 2. The van der Waals surface area contributed by atoms with Gasteiger partial charge in [-0.25, -0.2) is 0 Å². The zero-order valence-electron chi connectivity index (χ0n) is 12.9. The third kappa shape index (κ3) is 5.73. The maximum Gasteiger partial charge on any atom is 0.226 e. The van der Waals surface area contributed by atoms with E-state index in [-0.39, 0.29) is 17.6 Å². The van der Waals surface area contributed by atoms with Gasteiger partial charge >= 0.3 is 0 Å². The quantitative estimate of drug-likeness (QED) is 0.893. The van der Waals surface area contributed by atoms with Crippen LogP contribution in [0.3, 0.4) is 0 Å². The van der Waals surface area contributed by atoms with E-state index in [2.05, 4.69) is 10.6 Å². The molecule has 1 aliphatic rings. The summed E-state index contributed by atoms with van der Waals surface area (Å²) >= 11 is 0. The lowest BCUT2D eigenvalue weighted by atomic mass is 10.2. The summed E-state index contributed by atoms with van der Waals surface area (Å²) in [6, 6.07) is 7.53. The molecule has 1 aliphatic heterocycles. The highest BCUT2D eigenvalue weighted by molar-refractivity contribution is 5.91. The lowest BCUT2D eigenvalue weighted by Gasteiger charge is -2.23. The van der Waals surface area contributed by atoms with Crippen LogP contribution in [0.2, 0.25) is 0 Å². The molecule has 0 spiro atoms. The van der Waals surface area contributed by atoms with E-state index >= 15 is 0 Å². The highest BCUT2D eigenvalue weighted by atomic mass is 16.5. The van der Waals surface area contributed by atoms with Gasteiger partial charge in [0, 0.05) is 24.7 Å². The molecule has 1 atom stereocenters. The molecule has 5 nitrogen and oxygen atoms in total. The predicted molar refractivity (Wildman–Crippen MR) is 82.7 cm³/mol. The second-order valence-corrected chi connectivity index (χ2v) is 6.22. The first-order chi connectivity index (χ1) is 9.92. The van der Waals surface area contributed by atoms with Crippen LogP contribution < -0.4 is 15.4 Å². The highest BCUT2D eigenvalue weighted by Gasteiger charge is 2.17. The molecule has 0 saturated carbocycles. The Morgan fingerprint density at radius 2 is 2.10 bits per heavy atom. The van der Waals surface area contributed by atoms with E-state index in [1.807, 2.05) is 45.0 Å². The molecule has 0 radical (unpaired) electrons. The van der Waals surface area contributed by atoms with Crippen LogP contribution in [0.25, 0.3) is 0 Å². The van der Waals surface area contributed by atoms with E-state index in [1.54, 1.807) is 0 Å². The van der Waals surface area contributed by atoms with Gasteiger partial charge in [0.25, 0.3) is 0 Å². The van der Waals surface area contributed by atoms with Gasteiger partial charge in [0.1, 0.15) is 11.4 Å². The second-order valence-electron chi connectivity index (χ2n) is 6.22. The molecule has 2 rings (SSSR count). The Labute approximate surface area is 126 Å². The van der Waals surface area contributed by atoms with Gasteiger partial charge in [-0.3, -0.25) is 4.79 Å². The maximum absolute atomic E-state index is 12.0. The molecule has 5 heteroatoms. The monoisotopic (exact) mass is 292 g/mol. The Balaban J connectivity index is 1.83. The van der Waals surface area contributed by atoms with Crippen molar-refractivity contribution in [1.29, 1.82) is 0 Å². The minimum atomic E-state index is -0.225. The molecule has 1 aromatic rings. The zero-order chi connectivity index (χ0) is 15.3. The van der Waals surface area contributed by atoms with E-state index in [4.69, 9.17) is 9.47 Å². The van der Waals surface area contributed by atoms with E-state index in [1.165, 1.54) is 0 Å². The van der Waals surface area contributed by atoms with E-state index < -0.39 is 0 Å². The van der Waals surface area contributed by atoms with Crippen molar-refractivity contribution in [2.75, 3.05) is 25.1 Å². The van der Waals surface area contributed by atoms with E-state index in [9.17, 15) is 4.79 Å². The van der Waals surface area contributed by atoms with Crippen molar-refractivity contribution in [2.24, 2.45) is 0 Å². The Morgan fingerprint density at radius 3 is 2.67 bits per heavy atom. The van der Waals surface area contributed by atoms with Gasteiger partial charge in [0.15, 0.2) is 0 Å². The van der Waals surface area contributed by atoms with E-state index in [0.717, 1.165) is 18.0 Å². The smallest absolute Gasteiger partial charge is 0.226 e. The number of amides is 1. The maximum atomic E-state index is 12.0.